The van der Waals surface area contributed by atoms with Crippen LogP contribution in [-0.4, -0.2) is 50.8 Å². The molecule has 2 fully saturated rings. The van der Waals surface area contributed by atoms with Crippen molar-refractivity contribution in [2.75, 3.05) is 50.8 Å². The number of nitrogens with zero attached hydrogens (tertiary/aromatic N) is 2. The van der Waals surface area contributed by atoms with Crippen LogP contribution < -0.4 is 4.90 Å². The smallest absolute Gasteiger partial charge is 0.0528 e. The van der Waals surface area contributed by atoms with Crippen LogP contribution in [0.15, 0.2) is 24.3 Å². The zero-order chi connectivity index (χ0) is 12.4. The molecule has 18 heavy (non-hydrogen) atoms. The Hall–Kier alpha value is -1.06. The Balaban J connectivity index is 1.51. The molecule has 98 valence electrons. The molecule has 2 aliphatic rings. The van der Waals surface area contributed by atoms with E-state index in [1.54, 1.807) is 0 Å². The molecule has 0 unspecified atom stereocenters. The van der Waals surface area contributed by atoms with Gasteiger partial charge in [0.1, 0.15) is 0 Å². The van der Waals surface area contributed by atoms with E-state index in [0.717, 1.165) is 32.2 Å². The van der Waals surface area contributed by atoms with Gasteiger partial charge in [-0.25, -0.2) is 0 Å². The number of rotatable bonds is 3. The number of ether oxygens (including phenoxy) is 1. The zero-order valence-electron chi connectivity index (χ0n) is 11.1. The Morgan fingerprint density at radius 2 is 1.72 bits per heavy atom. The lowest BCUT2D eigenvalue weighted by Crippen LogP contribution is -2.50. The molecule has 1 aromatic carbocycles. The number of anilines is 1. The predicted octanol–water partition coefficient (Wildman–Crippen LogP) is 1.76. The Bertz CT molecular complexity index is 378. The number of piperazine rings is 1. The summed E-state index contributed by atoms with van der Waals surface area (Å²) in [4.78, 5) is 5.07. The molecule has 3 nitrogen and oxygen atoms in total. The van der Waals surface area contributed by atoms with E-state index in [2.05, 4.69) is 41.0 Å². The Morgan fingerprint density at radius 1 is 1.06 bits per heavy atom. The molecule has 1 aromatic rings. The van der Waals surface area contributed by atoms with Crippen molar-refractivity contribution in [3.63, 3.8) is 0 Å². The van der Waals surface area contributed by atoms with Gasteiger partial charge in [-0.15, -0.1) is 0 Å². The van der Waals surface area contributed by atoms with Gasteiger partial charge >= 0.3 is 0 Å². The molecular formula is C15H22N2O. The number of benzene rings is 1. The highest BCUT2D eigenvalue weighted by atomic mass is 16.5. The summed E-state index contributed by atoms with van der Waals surface area (Å²) >= 11 is 0. The lowest BCUT2D eigenvalue weighted by molar-refractivity contribution is -0.0468. The van der Waals surface area contributed by atoms with Crippen molar-refractivity contribution >= 4 is 5.69 Å². The molecule has 0 radical (unpaired) electrons. The Kier molecular flexibility index (Phi) is 3.52. The maximum absolute atomic E-state index is 5.24. The fraction of sp³-hybridized carbons (Fsp3) is 0.600. The van der Waals surface area contributed by atoms with Crippen LogP contribution in [0.1, 0.15) is 5.56 Å². The Morgan fingerprint density at radius 3 is 2.28 bits per heavy atom. The van der Waals surface area contributed by atoms with Gasteiger partial charge in [-0.05, 0) is 19.1 Å². The molecule has 0 aliphatic carbocycles. The summed E-state index contributed by atoms with van der Waals surface area (Å²) in [7, 11) is 0. The summed E-state index contributed by atoms with van der Waals surface area (Å²) < 4.78 is 5.24. The van der Waals surface area contributed by atoms with Crippen molar-refractivity contribution in [2.45, 2.75) is 6.92 Å². The van der Waals surface area contributed by atoms with Gasteiger partial charge in [-0.3, -0.25) is 4.90 Å². The average Bonchev–Trinajstić information content (AvgIpc) is 2.36. The van der Waals surface area contributed by atoms with Crippen LogP contribution in [0.5, 0.6) is 0 Å². The topological polar surface area (TPSA) is 15.7 Å². The molecule has 0 saturated carbocycles. The molecule has 3 heteroatoms. The summed E-state index contributed by atoms with van der Waals surface area (Å²) in [5, 5.41) is 0. The fourth-order valence-corrected chi connectivity index (χ4v) is 2.70. The molecule has 2 saturated heterocycles. The van der Waals surface area contributed by atoms with Crippen LogP contribution in [0.3, 0.4) is 0 Å². The minimum Gasteiger partial charge on any atom is -0.381 e. The molecule has 0 N–H and O–H groups in total. The van der Waals surface area contributed by atoms with E-state index < -0.39 is 0 Å². The summed E-state index contributed by atoms with van der Waals surface area (Å²) in [6.07, 6.45) is 0. The molecule has 0 bridgehead atoms. The molecule has 0 aromatic heterocycles. The van der Waals surface area contributed by atoms with E-state index in [1.807, 2.05) is 0 Å². The second-order valence-electron chi connectivity index (χ2n) is 5.53. The third-order valence-electron chi connectivity index (χ3n) is 3.99. The van der Waals surface area contributed by atoms with Crippen LogP contribution in [-0.2, 0) is 4.74 Å². The first-order chi connectivity index (χ1) is 8.81. The highest BCUT2D eigenvalue weighted by Crippen LogP contribution is 2.18. The Labute approximate surface area is 109 Å². The first kappa shape index (κ1) is 12.0. The van der Waals surface area contributed by atoms with Gasteiger partial charge in [0.05, 0.1) is 13.2 Å². The minimum absolute atomic E-state index is 0.788. The predicted molar refractivity (Wildman–Crippen MR) is 74.1 cm³/mol. The summed E-state index contributed by atoms with van der Waals surface area (Å²) in [5.41, 5.74) is 2.70. The highest BCUT2D eigenvalue weighted by Gasteiger charge is 2.24. The fourth-order valence-electron chi connectivity index (χ4n) is 2.70. The summed E-state index contributed by atoms with van der Waals surface area (Å²) in [6.45, 7) is 9.97. The SMILES string of the molecule is Cc1ccc(N2CCN(CC3COC3)CC2)cc1. The first-order valence-electron chi connectivity index (χ1n) is 6.93. The molecule has 0 atom stereocenters. The normalized spacial score (nSPS) is 21.9. The molecule has 3 rings (SSSR count). The van der Waals surface area contributed by atoms with Gasteiger partial charge in [0.2, 0.25) is 0 Å². The summed E-state index contributed by atoms with van der Waals surface area (Å²) in [5.74, 6) is 0.788. The second-order valence-corrected chi connectivity index (χ2v) is 5.53. The van der Waals surface area contributed by atoms with Gasteiger partial charge in [-0.1, -0.05) is 17.7 Å². The van der Waals surface area contributed by atoms with Crippen molar-refractivity contribution in [3.8, 4) is 0 Å². The van der Waals surface area contributed by atoms with Crippen LogP contribution >= 0.6 is 0 Å². The molecule has 2 aliphatic heterocycles. The number of aryl methyl sites for hydroxylation is 1. The van der Waals surface area contributed by atoms with Gasteiger partial charge in [0.25, 0.3) is 0 Å². The van der Waals surface area contributed by atoms with E-state index >= 15 is 0 Å². The highest BCUT2D eigenvalue weighted by molar-refractivity contribution is 5.47. The average molecular weight is 246 g/mol. The second kappa shape index (κ2) is 5.29. The van der Waals surface area contributed by atoms with Gasteiger partial charge in [0, 0.05) is 44.3 Å². The van der Waals surface area contributed by atoms with Crippen LogP contribution in [0.2, 0.25) is 0 Å². The van der Waals surface area contributed by atoms with E-state index in [4.69, 9.17) is 4.74 Å². The molecule has 2 heterocycles. The standard InChI is InChI=1S/C15H22N2O/c1-13-2-4-15(5-3-13)17-8-6-16(7-9-17)10-14-11-18-12-14/h2-5,14H,6-12H2,1H3. The van der Waals surface area contributed by atoms with Crippen molar-refractivity contribution in [2.24, 2.45) is 5.92 Å². The molecule has 0 amide bonds. The maximum Gasteiger partial charge on any atom is 0.0528 e. The summed E-state index contributed by atoms with van der Waals surface area (Å²) in [6, 6.07) is 8.89. The quantitative estimate of drug-likeness (QED) is 0.808. The largest absolute Gasteiger partial charge is 0.381 e. The first-order valence-corrected chi connectivity index (χ1v) is 6.93. The van der Waals surface area contributed by atoms with Crippen LogP contribution in [0.25, 0.3) is 0 Å². The van der Waals surface area contributed by atoms with E-state index in [0.29, 0.717) is 0 Å². The van der Waals surface area contributed by atoms with E-state index in [1.165, 1.54) is 30.9 Å². The van der Waals surface area contributed by atoms with Crippen molar-refractivity contribution in [1.82, 2.24) is 4.90 Å². The zero-order valence-corrected chi connectivity index (χ0v) is 11.1. The van der Waals surface area contributed by atoms with Crippen LogP contribution in [0, 0.1) is 12.8 Å². The van der Waals surface area contributed by atoms with Crippen molar-refractivity contribution in [1.29, 1.82) is 0 Å². The lowest BCUT2D eigenvalue weighted by atomic mass is 10.1. The van der Waals surface area contributed by atoms with Gasteiger partial charge in [0.15, 0.2) is 0 Å². The van der Waals surface area contributed by atoms with Crippen LogP contribution in [0.4, 0.5) is 5.69 Å². The molecular weight excluding hydrogens is 224 g/mol. The third kappa shape index (κ3) is 2.68. The monoisotopic (exact) mass is 246 g/mol. The van der Waals surface area contributed by atoms with E-state index in [-0.39, 0.29) is 0 Å². The van der Waals surface area contributed by atoms with Gasteiger partial charge in [-0.2, -0.15) is 0 Å². The maximum atomic E-state index is 5.24. The third-order valence-corrected chi connectivity index (χ3v) is 3.99. The lowest BCUT2D eigenvalue weighted by Gasteiger charge is -2.39. The number of hydrogen-bond acceptors (Lipinski definition) is 3. The van der Waals surface area contributed by atoms with E-state index in [9.17, 15) is 0 Å². The van der Waals surface area contributed by atoms with Crippen molar-refractivity contribution < 1.29 is 4.74 Å². The van der Waals surface area contributed by atoms with Crippen molar-refractivity contribution in [3.05, 3.63) is 29.8 Å². The molecule has 0 spiro atoms. The number of hydrogen-bond donors (Lipinski definition) is 0. The minimum atomic E-state index is 0.788. The van der Waals surface area contributed by atoms with Gasteiger partial charge < -0.3 is 9.64 Å².